The van der Waals surface area contributed by atoms with Crippen molar-refractivity contribution in [3.63, 3.8) is 0 Å². The summed E-state index contributed by atoms with van der Waals surface area (Å²) in [5.41, 5.74) is 2.69. The zero-order chi connectivity index (χ0) is 16.2. The van der Waals surface area contributed by atoms with E-state index in [1.165, 1.54) is 6.39 Å². The maximum Gasteiger partial charge on any atom is 0.289 e. The zero-order valence-electron chi connectivity index (χ0n) is 13.1. The van der Waals surface area contributed by atoms with E-state index in [4.69, 9.17) is 4.42 Å². The van der Waals surface area contributed by atoms with Gasteiger partial charge in [0.1, 0.15) is 5.82 Å². The number of nitrogens with zero attached hydrogens (tertiary/aromatic N) is 3. The average Bonchev–Trinajstić information content (AvgIpc) is 3.15. The first-order valence-electron chi connectivity index (χ1n) is 7.42. The Balaban J connectivity index is 1.68. The van der Waals surface area contributed by atoms with E-state index < -0.39 is 0 Å². The van der Waals surface area contributed by atoms with E-state index in [1.54, 1.807) is 6.92 Å². The first-order valence-corrected chi connectivity index (χ1v) is 7.42. The number of benzene rings is 1. The van der Waals surface area contributed by atoms with Crippen LogP contribution in [0.15, 0.2) is 47.3 Å². The number of amides is 1. The van der Waals surface area contributed by atoms with Gasteiger partial charge in [-0.25, -0.2) is 9.97 Å². The lowest BCUT2D eigenvalue weighted by molar-refractivity contribution is 0.0923. The van der Waals surface area contributed by atoms with E-state index in [1.807, 2.05) is 43.5 Å². The number of hydrogen-bond donors (Lipinski definition) is 1. The van der Waals surface area contributed by atoms with Crippen LogP contribution in [0, 0.1) is 13.8 Å². The Hall–Kier alpha value is -2.89. The summed E-state index contributed by atoms with van der Waals surface area (Å²) in [5, 5.41) is 2.85. The Bertz CT molecular complexity index is 805. The van der Waals surface area contributed by atoms with Crippen LogP contribution in [-0.2, 0) is 6.54 Å². The number of nitrogens with one attached hydrogen (secondary N) is 1. The largest absolute Gasteiger partial charge is 0.438 e. The van der Waals surface area contributed by atoms with Gasteiger partial charge < -0.3 is 14.3 Å². The molecule has 6 nitrogen and oxygen atoms in total. The van der Waals surface area contributed by atoms with Crippen LogP contribution in [0.3, 0.4) is 0 Å². The molecule has 1 N–H and O–H groups in total. The lowest BCUT2D eigenvalue weighted by Crippen LogP contribution is -2.27. The van der Waals surface area contributed by atoms with E-state index in [0.717, 1.165) is 17.1 Å². The summed E-state index contributed by atoms with van der Waals surface area (Å²) in [7, 11) is 0. The third-order valence-corrected chi connectivity index (χ3v) is 3.66. The molecule has 0 fully saturated rings. The van der Waals surface area contributed by atoms with Crippen molar-refractivity contribution < 1.29 is 9.21 Å². The van der Waals surface area contributed by atoms with Gasteiger partial charge >= 0.3 is 0 Å². The SMILES string of the molecule is Cc1ncoc1C(=O)NCCn1c(C)cnc1-c1ccccc1. The van der Waals surface area contributed by atoms with Crippen LogP contribution in [0.25, 0.3) is 11.4 Å². The summed E-state index contributed by atoms with van der Waals surface area (Å²) in [6, 6.07) is 9.99. The van der Waals surface area contributed by atoms with Gasteiger partial charge in [-0.05, 0) is 13.8 Å². The topological polar surface area (TPSA) is 73.0 Å². The van der Waals surface area contributed by atoms with Crippen LogP contribution in [0.2, 0.25) is 0 Å². The molecule has 0 atom stereocenters. The summed E-state index contributed by atoms with van der Waals surface area (Å²) in [6.45, 7) is 4.86. The van der Waals surface area contributed by atoms with Gasteiger partial charge in [-0.3, -0.25) is 4.79 Å². The van der Waals surface area contributed by atoms with Gasteiger partial charge in [0.05, 0.1) is 5.69 Å². The van der Waals surface area contributed by atoms with Crippen LogP contribution in [0.5, 0.6) is 0 Å². The van der Waals surface area contributed by atoms with Crippen molar-refractivity contribution >= 4 is 5.91 Å². The maximum absolute atomic E-state index is 12.0. The molecule has 2 aromatic heterocycles. The number of oxazole rings is 1. The highest BCUT2D eigenvalue weighted by molar-refractivity contribution is 5.92. The number of rotatable bonds is 5. The number of carbonyl (C=O) groups excluding carboxylic acids is 1. The number of imidazole rings is 1. The molecule has 0 aliphatic heterocycles. The Morgan fingerprint density at radius 2 is 2.00 bits per heavy atom. The second-order valence-corrected chi connectivity index (χ2v) is 5.26. The van der Waals surface area contributed by atoms with E-state index in [9.17, 15) is 4.79 Å². The maximum atomic E-state index is 12.0. The minimum atomic E-state index is -0.251. The third kappa shape index (κ3) is 3.15. The molecule has 0 spiro atoms. The van der Waals surface area contributed by atoms with Gasteiger partial charge in [0.15, 0.2) is 6.39 Å². The number of aryl methyl sites for hydroxylation is 2. The molecule has 0 radical (unpaired) electrons. The molecule has 0 unspecified atom stereocenters. The van der Waals surface area contributed by atoms with Gasteiger partial charge in [0, 0.05) is 30.5 Å². The highest BCUT2D eigenvalue weighted by atomic mass is 16.3. The fourth-order valence-corrected chi connectivity index (χ4v) is 2.44. The average molecular weight is 310 g/mol. The van der Waals surface area contributed by atoms with Gasteiger partial charge in [-0.1, -0.05) is 30.3 Å². The van der Waals surface area contributed by atoms with Crippen LogP contribution >= 0.6 is 0 Å². The van der Waals surface area contributed by atoms with Crippen molar-refractivity contribution in [2.75, 3.05) is 6.54 Å². The predicted molar refractivity (Wildman–Crippen MR) is 86.0 cm³/mol. The summed E-state index contributed by atoms with van der Waals surface area (Å²) in [4.78, 5) is 20.4. The Labute approximate surface area is 134 Å². The Morgan fingerprint density at radius 1 is 1.22 bits per heavy atom. The van der Waals surface area contributed by atoms with Gasteiger partial charge in [-0.15, -0.1) is 0 Å². The predicted octanol–water partition coefficient (Wildman–Crippen LogP) is 2.58. The molecular formula is C17H18N4O2. The Kier molecular flexibility index (Phi) is 4.23. The van der Waals surface area contributed by atoms with E-state index in [0.29, 0.717) is 18.8 Å². The lowest BCUT2D eigenvalue weighted by atomic mass is 10.2. The number of carbonyl (C=O) groups is 1. The zero-order valence-corrected chi connectivity index (χ0v) is 13.1. The first-order chi connectivity index (χ1) is 11.2. The van der Waals surface area contributed by atoms with Crippen molar-refractivity contribution in [2.24, 2.45) is 0 Å². The molecule has 3 rings (SSSR count). The number of hydrogen-bond acceptors (Lipinski definition) is 4. The molecule has 0 saturated heterocycles. The smallest absolute Gasteiger partial charge is 0.289 e. The minimum absolute atomic E-state index is 0.251. The van der Waals surface area contributed by atoms with Crippen molar-refractivity contribution in [3.05, 3.63) is 60.1 Å². The normalized spacial score (nSPS) is 10.7. The quantitative estimate of drug-likeness (QED) is 0.786. The van der Waals surface area contributed by atoms with Crippen molar-refractivity contribution in [2.45, 2.75) is 20.4 Å². The van der Waals surface area contributed by atoms with E-state index in [-0.39, 0.29) is 11.7 Å². The monoisotopic (exact) mass is 310 g/mol. The second kappa shape index (κ2) is 6.48. The van der Waals surface area contributed by atoms with E-state index in [2.05, 4.69) is 19.9 Å². The van der Waals surface area contributed by atoms with Gasteiger partial charge in [0.25, 0.3) is 5.91 Å². The molecule has 23 heavy (non-hydrogen) atoms. The van der Waals surface area contributed by atoms with Crippen LogP contribution < -0.4 is 5.32 Å². The molecule has 0 aliphatic carbocycles. The molecule has 0 aliphatic rings. The van der Waals surface area contributed by atoms with Crippen LogP contribution in [0.4, 0.5) is 0 Å². The summed E-state index contributed by atoms with van der Waals surface area (Å²) in [5.74, 6) is 0.905. The van der Waals surface area contributed by atoms with Crippen molar-refractivity contribution in [1.82, 2.24) is 19.9 Å². The second-order valence-electron chi connectivity index (χ2n) is 5.26. The molecule has 6 heteroatoms. The molecule has 118 valence electrons. The number of aromatic nitrogens is 3. The molecule has 0 saturated carbocycles. The minimum Gasteiger partial charge on any atom is -0.438 e. The van der Waals surface area contributed by atoms with Gasteiger partial charge in [0.2, 0.25) is 5.76 Å². The first kappa shape index (κ1) is 15.0. The van der Waals surface area contributed by atoms with Gasteiger partial charge in [-0.2, -0.15) is 0 Å². The fourth-order valence-electron chi connectivity index (χ4n) is 2.44. The molecule has 3 aromatic rings. The summed E-state index contributed by atoms with van der Waals surface area (Å²) < 4.78 is 7.17. The fraction of sp³-hybridized carbons (Fsp3) is 0.235. The van der Waals surface area contributed by atoms with E-state index >= 15 is 0 Å². The summed E-state index contributed by atoms with van der Waals surface area (Å²) in [6.07, 6.45) is 3.11. The molecule has 1 aromatic carbocycles. The standard InChI is InChI=1S/C17H18N4O2/c1-12-10-19-16(14-6-4-3-5-7-14)21(12)9-8-18-17(22)15-13(2)20-11-23-15/h3-7,10-11H,8-9H2,1-2H3,(H,18,22). The molecule has 2 heterocycles. The molecule has 0 bridgehead atoms. The van der Waals surface area contributed by atoms with Crippen molar-refractivity contribution in [1.29, 1.82) is 0 Å². The Morgan fingerprint density at radius 3 is 2.70 bits per heavy atom. The lowest BCUT2D eigenvalue weighted by Gasteiger charge is -2.11. The molecular weight excluding hydrogens is 292 g/mol. The molecule has 1 amide bonds. The highest BCUT2D eigenvalue weighted by Crippen LogP contribution is 2.18. The summed E-state index contributed by atoms with van der Waals surface area (Å²) >= 11 is 0. The van der Waals surface area contributed by atoms with Crippen LogP contribution in [-0.4, -0.2) is 27.0 Å². The van der Waals surface area contributed by atoms with Crippen molar-refractivity contribution in [3.8, 4) is 11.4 Å². The third-order valence-electron chi connectivity index (χ3n) is 3.66. The van der Waals surface area contributed by atoms with Crippen LogP contribution in [0.1, 0.15) is 21.9 Å². The highest BCUT2D eigenvalue weighted by Gasteiger charge is 2.14.